The van der Waals surface area contributed by atoms with Crippen LogP contribution in [0.1, 0.15) is 57.8 Å². The number of rotatable bonds is 4. The van der Waals surface area contributed by atoms with E-state index in [1.807, 2.05) is 0 Å². The Morgan fingerprint density at radius 1 is 1.17 bits per heavy atom. The van der Waals surface area contributed by atoms with Crippen LogP contribution in [0.3, 0.4) is 0 Å². The fraction of sp³-hybridized carbons (Fsp3) is 0.652. The largest absolute Gasteiger partial charge is 0.326 e. The van der Waals surface area contributed by atoms with Crippen molar-refractivity contribution >= 4 is 23.2 Å². The van der Waals surface area contributed by atoms with E-state index in [0.29, 0.717) is 11.1 Å². The van der Waals surface area contributed by atoms with Crippen LogP contribution in [0.4, 0.5) is 10.1 Å². The van der Waals surface area contributed by atoms with E-state index in [2.05, 4.69) is 16.3 Å². The summed E-state index contributed by atoms with van der Waals surface area (Å²) >= 11 is 5.87. The summed E-state index contributed by atoms with van der Waals surface area (Å²) in [5, 5.41) is 12.8. The molecule has 0 radical (unpaired) electrons. The lowest BCUT2D eigenvalue weighted by Gasteiger charge is -2.55. The number of benzene rings is 1. The standard InChI is InChI=1S/C23H29ClFN3O/c24-18-10-19(25)12-20(11-18)27-21(29)17-4-8-23(9-5-17)15-28(16-23)14-22(13-26)6-2-1-3-7-22/h10-12,17H,1-9,14-16H2,(H,27,29). The number of halogens is 2. The minimum Gasteiger partial charge on any atom is -0.326 e. The van der Waals surface area contributed by atoms with Gasteiger partial charge in [0.1, 0.15) is 5.82 Å². The molecule has 3 fully saturated rings. The highest BCUT2D eigenvalue weighted by Gasteiger charge is 2.48. The van der Waals surface area contributed by atoms with E-state index in [0.717, 1.165) is 58.2 Å². The summed E-state index contributed by atoms with van der Waals surface area (Å²) in [7, 11) is 0. The van der Waals surface area contributed by atoms with Crippen molar-refractivity contribution in [3.63, 3.8) is 0 Å². The SMILES string of the molecule is N#CC1(CN2CC3(CCC(C(=O)Nc4cc(F)cc(Cl)c4)CC3)C2)CCCCC1. The Labute approximate surface area is 177 Å². The van der Waals surface area contributed by atoms with Crippen molar-refractivity contribution in [2.24, 2.45) is 16.7 Å². The number of carbonyl (C=O) groups excluding carboxylic acids is 1. The summed E-state index contributed by atoms with van der Waals surface area (Å²) in [4.78, 5) is 15.1. The minimum absolute atomic E-state index is 0.0273. The lowest BCUT2D eigenvalue weighted by atomic mass is 9.64. The first-order valence-electron chi connectivity index (χ1n) is 10.8. The molecular weight excluding hydrogens is 389 g/mol. The Hall–Kier alpha value is -1.64. The molecule has 4 nitrogen and oxygen atoms in total. The fourth-order valence-electron chi connectivity index (χ4n) is 5.65. The maximum absolute atomic E-state index is 13.5. The van der Waals surface area contributed by atoms with Crippen molar-refractivity contribution in [1.29, 1.82) is 5.26 Å². The zero-order chi connectivity index (χ0) is 20.5. The van der Waals surface area contributed by atoms with Crippen molar-refractivity contribution in [2.45, 2.75) is 57.8 Å². The molecule has 1 aromatic carbocycles. The summed E-state index contributed by atoms with van der Waals surface area (Å²) in [6.07, 6.45) is 9.53. The molecule has 2 aliphatic carbocycles. The van der Waals surface area contributed by atoms with Crippen molar-refractivity contribution < 1.29 is 9.18 Å². The first-order valence-corrected chi connectivity index (χ1v) is 11.2. The van der Waals surface area contributed by atoms with Gasteiger partial charge in [-0.15, -0.1) is 0 Å². The summed E-state index contributed by atoms with van der Waals surface area (Å²) in [6, 6.07) is 6.74. The van der Waals surface area contributed by atoms with E-state index >= 15 is 0 Å². The van der Waals surface area contributed by atoms with Crippen LogP contribution < -0.4 is 5.32 Å². The van der Waals surface area contributed by atoms with Gasteiger partial charge < -0.3 is 10.2 Å². The smallest absolute Gasteiger partial charge is 0.227 e. The molecule has 1 aliphatic heterocycles. The normalized spacial score (nSPS) is 23.9. The molecule has 1 N–H and O–H groups in total. The molecule has 0 bridgehead atoms. The number of hydrogen-bond donors (Lipinski definition) is 1. The Morgan fingerprint density at radius 3 is 2.48 bits per heavy atom. The van der Waals surface area contributed by atoms with Gasteiger partial charge in [-0.1, -0.05) is 30.9 Å². The fourth-order valence-corrected chi connectivity index (χ4v) is 5.88. The molecule has 6 heteroatoms. The molecule has 0 aromatic heterocycles. The van der Waals surface area contributed by atoms with Crippen LogP contribution in [0.2, 0.25) is 5.02 Å². The second-order valence-corrected chi connectivity index (χ2v) is 9.96. The molecule has 1 spiro atoms. The molecule has 156 valence electrons. The Balaban J connectivity index is 1.26. The molecule has 4 rings (SSSR count). The third-order valence-corrected chi connectivity index (χ3v) is 7.46. The topological polar surface area (TPSA) is 56.1 Å². The highest BCUT2D eigenvalue weighted by atomic mass is 35.5. The van der Waals surface area contributed by atoms with E-state index in [9.17, 15) is 14.4 Å². The summed E-state index contributed by atoms with van der Waals surface area (Å²) in [5.41, 5.74) is 0.609. The maximum atomic E-state index is 13.5. The van der Waals surface area contributed by atoms with Crippen LogP contribution >= 0.6 is 11.6 Å². The zero-order valence-electron chi connectivity index (χ0n) is 16.9. The van der Waals surface area contributed by atoms with Crippen LogP contribution in [-0.4, -0.2) is 30.4 Å². The van der Waals surface area contributed by atoms with E-state index < -0.39 is 5.82 Å². The zero-order valence-corrected chi connectivity index (χ0v) is 17.6. The monoisotopic (exact) mass is 417 g/mol. The number of carbonyl (C=O) groups is 1. The van der Waals surface area contributed by atoms with Gasteiger partial charge in [0.15, 0.2) is 0 Å². The molecule has 29 heavy (non-hydrogen) atoms. The highest BCUT2D eigenvalue weighted by molar-refractivity contribution is 6.30. The Bertz CT molecular complexity index is 779. The molecule has 1 amide bonds. The molecule has 1 saturated heterocycles. The molecular formula is C23H29ClFN3O. The predicted molar refractivity (Wildman–Crippen MR) is 112 cm³/mol. The van der Waals surface area contributed by atoms with E-state index in [1.165, 1.54) is 31.4 Å². The van der Waals surface area contributed by atoms with Crippen molar-refractivity contribution in [1.82, 2.24) is 4.90 Å². The predicted octanol–water partition coefficient (Wildman–Crippen LogP) is 5.38. The third-order valence-electron chi connectivity index (χ3n) is 7.24. The average Bonchev–Trinajstić information content (AvgIpc) is 2.67. The van der Waals surface area contributed by atoms with Gasteiger partial charge in [-0.3, -0.25) is 4.79 Å². The number of amides is 1. The molecule has 1 aromatic rings. The second-order valence-electron chi connectivity index (χ2n) is 9.52. The van der Waals surface area contributed by atoms with Gasteiger partial charge in [-0.2, -0.15) is 5.26 Å². The molecule has 1 heterocycles. The van der Waals surface area contributed by atoms with Crippen LogP contribution in [0.25, 0.3) is 0 Å². The van der Waals surface area contributed by atoms with Crippen LogP contribution in [0.15, 0.2) is 18.2 Å². The number of anilines is 1. The first kappa shape index (κ1) is 20.6. The first-order chi connectivity index (χ1) is 13.9. The van der Waals surface area contributed by atoms with Gasteiger partial charge in [0.2, 0.25) is 5.91 Å². The van der Waals surface area contributed by atoms with Crippen molar-refractivity contribution in [3.05, 3.63) is 29.0 Å². The van der Waals surface area contributed by atoms with E-state index in [4.69, 9.17) is 11.6 Å². The lowest BCUT2D eigenvalue weighted by Crippen LogP contribution is -2.60. The second kappa shape index (κ2) is 8.24. The van der Waals surface area contributed by atoms with Crippen LogP contribution in [0, 0.1) is 33.9 Å². The highest BCUT2D eigenvalue weighted by Crippen LogP contribution is 2.48. The van der Waals surface area contributed by atoms with Crippen LogP contribution in [-0.2, 0) is 4.79 Å². The van der Waals surface area contributed by atoms with Gasteiger partial charge in [-0.05, 0) is 62.1 Å². The van der Waals surface area contributed by atoms with Gasteiger partial charge in [0.25, 0.3) is 0 Å². The van der Waals surface area contributed by atoms with Gasteiger partial charge in [0.05, 0.1) is 11.5 Å². The summed E-state index contributed by atoms with van der Waals surface area (Å²) in [5.74, 6) is -0.512. The molecule has 2 saturated carbocycles. The maximum Gasteiger partial charge on any atom is 0.227 e. The quantitative estimate of drug-likeness (QED) is 0.715. The van der Waals surface area contributed by atoms with Gasteiger partial charge in [0, 0.05) is 36.3 Å². The number of nitrogens with one attached hydrogen (secondary N) is 1. The van der Waals surface area contributed by atoms with Gasteiger partial charge >= 0.3 is 0 Å². The molecule has 3 aliphatic rings. The molecule has 0 atom stereocenters. The average molecular weight is 418 g/mol. The lowest BCUT2D eigenvalue weighted by molar-refractivity contribution is -0.123. The minimum atomic E-state index is -0.446. The van der Waals surface area contributed by atoms with Crippen molar-refractivity contribution in [2.75, 3.05) is 25.0 Å². The van der Waals surface area contributed by atoms with E-state index in [-0.39, 0.29) is 22.3 Å². The summed E-state index contributed by atoms with van der Waals surface area (Å²) < 4.78 is 13.5. The van der Waals surface area contributed by atoms with E-state index in [1.54, 1.807) is 6.07 Å². The van der Waals surface area contributed by atoms with Crippen LogP contribution in [0.5, 0.6) is 0 Å². The number of nitrogens with zero attached hydrogens (tertiary/aromatic N) is 2. The number of hydrogen-bond acceptors (Lipinski definition) is 3. The van der Waals surface area contributed by atoms with Crippen molar-refractivity contribution in [3.8, 4) is 6.07 Å². The number of likely N-dealkylation sites (tertiary alicyclic amines) is 1. The van der Waals surface area contributed by atoms with Gasteiger partial charge in [-0.25, -0.2) is 4.39 Å². The third kappa shape index (κ3) is 4.59. The summed E-state index contributed by atoms with van der Waals surface area (Å²) in [6.45, 7) is 3.03. The molecule has 0 unspecified atom stereocenters. The number of nitriles is 1. The Morgan fingerprint density at radius 2 is 1.86 bits per heavy atom. The Kier molecular flexibility index (Phi) is 5.86.